The number of amides is 1. The van der Waals surface area contributed by atoms with Crippen LogP contribution in [0.3, 0.4) is 0 Å². The minimum atomic E-state index is -0.780. The molecule has 0 spiro atoms. The summed E-state index contributed by atoms with van der Waals surface area (Å²) in [4.78, 5) is 30.2. The first-order valence-electron chi connectivity index (χ1n) is 12.0. The summed E-state index contributed by atoms with van der Waals surface area (Å²) >= 11 is 0. The van der Waals surface area contributed by atoms with Crippen LogP contribution in [0.25, 0.3) is 5.76 Å². The zero-order chi connectivity index (χ0) is 26.2. The third kappa shape index (κ3) is 5.54. The average Bonchev–Trinajstić information content (AvgIpc) is 3.16. The molecule has 0 aromatic heterocycles. The molecule has 1 fully saturated rings. The van der Waals surface area contributed by atoms with Gasteiger partial charge in [-0.15, -0.1) is 0 Å². The molecule has 1 N–H and O–H groups in total. The maximum absolute atomic E-state index is 13.3. The van der Waals surface area contributed by atoms with E-state index in [0.717, 1.165) is 13.1 Å². The molecule has 192 valence electrons. The number of aliphatic hydroxyl groups is 1. The van der Waals surface area contributed by atoms with Gasteiger partial charge in [0.05, 0.1) is 25.8 Å². The Kier molecular flexibility index (Phi) is 9.13. The number of nitrogens with zero attached hydrogens (tertiary/aromatic N) is 2. The topological polar surface area (TPSA) is 88.5 Å². The Morgan fingerprint density at radius 2 is 1.72 bits per heavy atom. The monoisotopic (exact) mass is 494 g/mol. The smallest absolute Gasteiger partial charge is 0.295 e. The van der Waals surface area contributed by atoms with Gasteiger partial charge in [-0.25, -0.2) is 0 Å². The molecule has 1 heterocycles. The highest BCUT2D eigenvalue weighted by molar-refractivity contribution is 6.46. The van der Waals surface area contributed by atoms with Gasteiger partial charge in [-0.3, -0.25) is 9.59 Å². The molecule has 1 aliphatic rings. The highest BCUT2D eigenvalue weighted by Gasteiger charge is 2.46. The number of ether oxygens (including phenoxy) is 3. The Hall–Kier alpha value is -3.78. The zero-order valence-electron chi connectivity index (χ0n) is 21.3. The molecule has 3 rings (SSSR count). The summed E-state index contributed by atoms with van der Waals surface area (Å²) in [7, 11) is 3.06. The van der Waals surface area contributed by atoms with Crippen LogP contribution >= 0.6 is 0 Å². The zero-order valence-corrected chi connectivity index (χ0v) is 21.3. The molecule has 1 amide bonds. The number of Topliss-reactive ketones (excluding diaryl/α,β-unsaturated/α-hetero) is 1. The third-order valence-corrected chi connectivity index (χ3v) is 6.31. The summed E-state index contributed by atoms with van der Waals surface area (Å²) in [5.41, 5.74) is 1.08. The molecule has 36 heavy (non-hydrogen) atoms. The number of rotatable bonds is 12. The van der Waals surface area contributed by atoms with Crippen molar-refractivity contribution in [3.8, 4) is 17.2 Å². The Morgan fingerprint density at radius 3 is 2.31 bits per heavy atom. The van der Waals surface area contributed by atoms with Gasteiger partial charge in [-0.05, 0) is 55.1 Å². The van der Waals surface area contributed by atoms with Crippen LogP contribution in [0.1, 0.15) is 31.0 Å². The molecule has 0 aliphatic carbocycles. The van der Waals surface area contributed by atoms with E-state index in [1.807, 2.05) is 13.8 Å². The van der Waals surface area contributed by atoms with Crippen molar-refractivity contribution in [1.29, 1.82) is 0 Å². The van der Waals surface area contributed by atoms with Crippen molar-refractivity contribution in [2.75, 3.05) is 47.0 Å². The Bertz CT molecular complexity index is 1120. The molecule has 2 aromatic carbocycles. The van der Waals surface area contributed by atoms with Crippen molar-refractivity contribution in [3.05, 3.63) is 71.8 Å². The summed E-state index contributed by atoms with van der Waals surface area (Å²) < 4.78 is 16.3. The lowest BCUT2D eigenvalue weighted by atomic mass is 9.95. The fourth-order valence-corrected chi connectivity index (χ4v) is 4.29. The Morgan fingerprint density at radius 1 is 1.06 bits per heavy atom. The molecule has 1 saturated heterocycles. The molecule has 1 aliphatic heterocycles. The standard InChI is InChI=1S/C28H34N2O6/c1-6-17-36-21-12-9-19(10-13-21)26(31)24-25(20-11-14-22(34-4)23(18-20)35-5)30(28(33)27(24)32)16-15-29(7-2)8-3/h6,9-14,18,25,31H,1,7-8,15-17H2,2-5H3/t25-/m0/s1. The molecular weight excluding hydrogens is 460 g/mol. The Balaban J connectivity index is 2.10. The lowest BCUT2D eigenvalue weighted by molar-refractivity contribution is -0.140. The predicted molar refractivity (Wildman–Crippen MR) is 138 cm³/mol. The van der Waals surface area contributed by atoms with Gasteiger partial charge in [0.1, 0.15) is 18.1 Å². The summed E-state index contributed by atoms with van der Waals surface area (Å²) in [6.45, 7) is 10.6. The second kappa shape index (κ2) is 12.3. The molecule has 0 unspecified atom stereocenters. The van der Waals surface area contributed by atoms with Crippen molar-refractivity contribution >= 4 is 17.4 Å². The number of aliphatic hydroxyl groups excluding tert-OH is 1. The molecule has 0 bridgehead atoms. The Labute approximate surface area is 212 Å². The minimum Gasteiger partial charge on any atom is -0.507 e. The van der Waals surface area contributed by atoms with Crippen molar-refractivity contribution in [1.82, 2.24) is 9.80 Å². The van der Waals surface area contributed by atoms with Gasteiger partial charge in [0, 0.05) is 18.7 Å². The number of carbonyl (C=O) groups is 2. The van der Waals surface area contributed by atoms with Crippen LogP contribution < -0.4 is 14.2 Å². The second-order valence-corrected chi connectivity index (χ2v) is 8.26. The number of hydrogen-bond donors (Lipinski definition) is 1. The number of hydrogen-bond acceptors (Lipinski definition) is 7. The normalized spacial score (nSPS) is 16.9. The van der Waals surface area contributed by atoms with E-state index in [9.17, 15) is 14.7 Å². The van der Waals surface area contributed by atoms with E-state index in [-0.39, 0.29) is 11.3 Å². The molecule has 0 saturated carbocycles. The molecule has 8 nitrogen and oxygen atoms in total. The average molecular weight is 495 g/mol. The van der Waals surface area contributed by atoms with Crippen molar-refractivity contribution in [2.24, 2.45) is 0 Å². The van der Waals surface area contributed by atoms with Crippen LogP contribution in [0.2, 0.25) is 0 Å². The first-order valence-corrected chi connectivity index (χ1v) is 12.0. The molecular formula is C28H34N2O6. The van der Waals surface area contributed by atoms with Gasteiger partial charge in [-0.1, -0.05) is 32.6 Å². The van der Waals surface area contributed by atoms with Crippen LogP contribution in [0.4, 0.5) is 0 Å². The van der Waals surface area contributed by atoms with Gasteiger partial charge in [0.2, 0.25) is 0 Å². The van der Waals surface area contributed by atoms with Crippen molar-refractivity contribution in [3.63, 3.8) is 0 Å². The summed E-state index contributed by atoms with van der Waals surface area (Å²) in [6.07, 6.45) is 1.64. The van der Waals surface area contributed by atoms with Gasteiger partial charge < -0.3 is 29.1 Å². The third-order valence-electron chi connectivity index (χ3n) is 6.31. The van der Waals surface area contributed by atoms with Crippen LogP contribution in [-0.2, 0) is 9.59 Å². The molecule has 8 heteroatoms. The van der Waals surface area contributed by atoms with E-state index in [1.54, 1.807) is 48.5 Å². The highest BCUT2D eigenvalue weighted by Crippen LogP contribution is 2.42. The van der Waals surface area contributed by atoms with Crippen molar-refractivity contribution < 1.29 is 28.9 Å². The lowest BCUT2D eigenvalue weighted by Crippen LogP contribution is -2.38. The first-order chi connectivity index (χ1) is 17.4. The van der Waals surface area contributed by atoms with Crippen LogP contribution in [-0.4, -0.2) is 73.6 Å². The van der Waals surface area contributed by atoms with Crippen LogP contribution in [0.15, 0.2) is 60.7 Å². The number of benzene rings is 2. The van der Waals surface area contributed by atoms with Gasteiger partial charge in [0.25, 0.3) is 11.7 Å². The number of methoxy groups -OCH3 is 2. The maximum Gasteiger partial charge on any atom is 0.295 e. The number of ketones is 1. The van der Waals surface area contributed by atoms with E-state index in [2.05, 4.69) is 11.5 Å². The highest BCUT2D eigenvalue weighted by atomic mass is 16.5. The summed E-state index contributed by atoms with van der Waals surface area (Å²) in [5, 5.41) is 11.3. The molecule has 0 radical (unpaired) electrons. The second-order valence-electron chi connectivity index (χ2n) is 8.26. The molecule has 1 atom stereocenters. The van der Waals surface area contributed by atoms with E-state index >= 15 is 0 Å². The van der Waals surface area contributed by atoms with Gasteiger partial charge >= 0.3 is 0 Å². The van der Waals surface area contributed by atoms with E-state index in [4.69, 9.17) is 14.2 Å². The van der Waals surface area contributed by atoms with Crippen molar-refractivity contribution in [2.45, 2.75) is 19.9 Å². The van der Waals surface area contributed by atoms with E-state index < -0.39 is 17.7 Å². The number of carbonyl (C=O) groups excluding carboxylic acids is 2. The lowest BCUT2D eigenvalue weighted by Gasteiger charge is -2.28. The fourth-order valence-electron chi connectivity index (χ4n) is 4.29. The molecule has 2 aromatic rings. The van der Waals surface area contributed by atoms with E-state index in [1.165, 1.54) is 19.1 Å². The van der Waals surface area contributed by atoms with Crippen LogP contribution in [0, 0.1) is 0 Å². The first kappa shape index (κ1) is 26.8. The SMILES string of the molecule is C=CCOc1ccc(C(O)=C2C(=O)C(=O)N(CCN(CC)CC)[C@H]2c2ccc(OC)c(OC)c2)cc1. The van der Waals surface area contributed by atoms with Gasteiger partial charge in [-0.2, -0.15) is 0 Å². The number of likely N-dealkylation sites (tertiary alicyclic amines) is 1. The maximum atomic E-state index is 13.3. The summed E-state index contributed by atoms with van der Waals surface area (Å²) in [6, 6.07) is 11.2. The van der Waals surface area contributed by atoms with Gasteiger partial charge in [0.15, 0.2) is 11.5 Å². The minimum absolute atomic E-state index is 0.0338. The predicted octanol–water partition coefficient (Wildman–Crippen LogP) is 4.03. The fraction of sp³-hybridized carbons (Fsp3) is 0.357. The number of likely N-dealkylation sites (N-methyl/N-ethyl adjacent to an activating group) is 1. The van der Waals surface area contributed by atoms with E-state index in [0.29, 0.717) is 48.1 Å². The van der Waals surface area contributed by atoms with Crippen LogP contribution in [0.5, 0.6) is 17.2 Å². The summed E-state index contributed by atoms with van der Waals surface area (Å²) in [5.74, 6) is -0.0194. The largest absolute Gasteiger partial charge is 0.507 e. The quantitative estimate of drug-likeness (QED) is 0.206.